The molecular formula is C17H20BrN3O3S. The van der Waals surface area contributed by atoms with Crippen LogP contribution in [-0.4, -0.2) is 26.2 Å². The number of anilines is 1. The average molecular weight is 426 g/mol. The molecule has 25 heavy (non-hydrogen) atoms. The molecule has 1 atom stereocenters. The fraction of sp³-hybridized carbons (Fsp3) is 0.294. The molecule has 2 aromatic rings. The van der Waals surface area contributed by atoms with E-state index in [-0.39, 0.29) is 11.4 Å². The van der Waals surface area contributed by atoms with Crippen LogP contribution in [0.15, 0.2) is 52.0 Å². The summed E-state index contributed by atoms with van der Waals surface area (Å²) in [5, 5.41) is 2.87. The van der Waals surface area contributed by atoms with Gasteiger partial charge in [-0.25, -0.2) is 11.6 Å². The molecular weight excluding hydrogens is 406 g/mol. The van der Waals surface area contributed by atoms with Crippen molar-refractivity contribution in [2.45, 2.75) is 31.9 Å². The third kappa shape index (κ3) is 6.82. The maximum absolute atomic E-state index is 12.2. The number of halogens is 1. The molecule has 1 unspecified atom stereocenters. The van der Waals surface area contributed by atoms with Gasteiger partial charge in [0.15, 0.2) is 0 Å². The molecule has 0 aliphatic heterocycles. The highest BCUT2D eigenvalue weighted by atomic mass is 79.9. The van der Waals surface area contributed by atoms with Crippen LogP contribution in [-0.2, 0) is 14.3 Å². The molecule has 6 nitrogen and oxygen atoms in total. The standard InChI is InChI=1S/C15H14BrN3O3S.C2H6/c1-11-3-6-13(7-4-11)23(20,21)22-15(17-2)10-19-14-8-5-12(16)9-18-14;1-2/h3-9,15H,10H2,1H3,(H,18,19);1-2H3. The smallest absolute Gasteiger partial charge is 0.359 e. The van der Waals surface area contributed by atoms with Gasteiger partial charge >= 0.3 is 16.3 Å². The van der Waals surface area contributed by atoms with Gasteiger partial charge < -0.3 is 5.32 Å². The number of pyridine rings is 1. The van der Waals surface area contributed by atoms with E-state index in [1.807, 2.05) is 20.8 Å². The Morgan fingerprint density at radius 3 is 2.40 bits per heavy atom. The van der Waals surface area contributed by atoms with E-state index in [9.17, 15) is 8.42 Å². The summed E-state index contributed by atoms with van der Waals surface area (Å²) >= 11 is 3.27. The van der Waals surface area contributed by atoms with Crippen LogP contribution in [0.1, 0.15) is 19.4 Å². The van der Waals surface area contributed by atoms with Crippen LogP contribution in [0.5, 0.6) is 0 Å². The van der Waals surface area contributed by atoms with Gasteiger partial charge in [0.25, 0.3) is 0 Å². The van der Waals surface area contributed by atoms with E-state index in [0.717, 1.165) is 10.0 Å². The lowest BCUT2D eigenvalue weighted by atomic mass is 10.2. The van der Waals surface area contributed by atoms with Gasteiger partial charge in [0.1, 0.15) is 12.4 Å². The third-order valence-corrected chi connectivity index (χ3v) is 4.67. The van der Waals surface area contributed by atoms with Gasteiger partial charge in [-0.1, -0.05) is 31.5 Å². The van der Waals surface area contributed by atoms with Gasteiger partial charge in [0.05, 0.1) is 4.90 Å². The SMILES string of the molecule is CC.[C-]#[N+]C(CNc1ccc(Br)cn1)OS(=O)(=O)c1ccc(C)cc1. The fourth-order valence-corrected chi connectivity index (χ4v) is 2.90. The summed E-state index contributed by atoms with van der Waals surface area (Å²) in [6.45, 7) is 13.0. The molecule has 1 aromatic carbocycles. The zero-order chi connectivity index (χ0) is 18.9. The van der Waals surface area contributed by atoms with Gasteiger partial charge in [-0.3, -0.25) is 4.85 Å². The van der Waals surface area contributed by atoms with Gasteiger partial charge in [-0.2, -0.15) is 12.6 Å². The zero-order valence-electron chi connectivity index (χ0n) is 14.2. The molecule has 134 valence electrons. The van der Waals surface area contributed by atoms with Crippen molar-refractivity contribution in [1.82, 2.24) is 4.98 Å². The Kier molecular flexibility index (Phi) is 8.55. The van der Waals surface area contributed by atoms with E-state index >= 15 is 0 Å². The maximum Gasteiger partial charge on any atom is 0.359 e. The molecule has 1 N–H and O–H groups in total. The minimum absolute atomic E-state index is 0.00320. The molecule has 2 rings (SSSR count). The van der Waals surface area contributed by atoms with E-state index in [0.29, 0.717) is 5.82 Å². The summed E-state index contributed by atoms with van der Waals surface area (Å²) in [6, 6.07) is 9.75. The second-order valence-electron chi connectivity index (χ2n) is 4.69. The predicted molar refractivity (Wildman–Crippen MR) is 102 cm³/mol. The lowest BCUT2D eigenvalue weighted by Crippen LogP contribution is -2.23. The summed E-state index contributed by atoms with van der Waals surface area (Å²) in [7, 11) is -3.98. The molecule has 1 heterocycles. The Hall–Kier alpha value is -1.95. The predicted octanol–water partition coefficient (Wildman–Crippen LogP) is 4.24. The molecule has 8 heteroatoms. The van der Waals surface area contributed by atoms with E-state index in [4.69, 9.17) is 10.8 Å². The van der Waals surface area contributed by atoms with Crippen LogP contribution in [0.3, 0.4) is 0 Å². The number of nitrogens with zero attached hydrogens (tertiary/aromatic N) is 2. The molecule has 0 radical (unpaired) electrons. The molecule has 0 saturated heterocycles. The number of aryl methyl sites for hydroxylation is 1. The molecule has 0 saturated carbocycles. The zero-order valence-corrected chi connectivity index (χ0v) is 16.6. The summed E-state index contributed by atoms with van der Waals surface area (Å²) in [4.78, 5) is 7.31. The van der Waals surface area contributed by atoms with Gasteiger partial charge in [0, 0.05) is 10.7 Å². The van der Waals surface area contributed by atoms with Crippen molar-refractivity contribution in [3.05, 3.63) is 64.0 Å². The van der Waals surface area contributed by atoms with Gasteiger partial charge in [0.2, 0.25) is 0 Å². The van der Waals surface area contributed by atoms with Crippen molar-refractivity contribution in [1.29, 1.82) is 0 Å². The Morgan fingerprint density at radius 1 is 1.24 bits per heavy atom. The molecule has 0 spiro atoms. The Labute approximate surface area is 157 Å². The van der Waals surface area contributed by atoms with Crippen LogP contribution in [0.2, 0.25) is 0 Å². The maximum atomic E-state index is 12.2. The molecule has 1 aromatic heterocycles. The first kappa shape index (κ1) is 21.1. The second kappa shape index (κ2) is 10.1. The lowest BCUT2D eigenvalue weighted by Gasteiger charge is -2.09. The van der Waals surface area contributed by atoms with E-state index in [2.05, 4.69) is 31.1 Å². The Morgan fingerprint density at radius 2 is 1.88 bits per heavy atom. The first-order valence-electron chi connectivity index (χ1n) is 7.62. The van der Waals surface area contributed by atoms with Crippen LogP contribution >= 0.6 is 15.9 Å². The van der Waals surface area contributed by atoms with E-state index < -0.39 is 16.3 Å². The summed E-state index contributed by atoms with van der Waals surface area (Å²) in [5.74, 6) is 0.526. The van der Waals surface area contributed by atoms with Crippen molar-refractivity contribution in [2.24, 2.45) is 0 Å². The van der Waals surface area contributed by atoms with E-state index in [1.54, 1.807) is 30.5 Å². The molecule has 0 fully saturated rings. The first-order chi connectivity index (χ1) is 11.9. The monoisotopic (exact) mass is 425 g/mol. The first-order valence-corrected chi connectivity index (χ1v) is 9.83. The van der Waals surface area contributed by atoms with Crippen LogP contribution in [0, 0.1) is 13.5 Å². The van der Waals surface area contributed by atoms with Crippen molar-refractivity contribution in [2.75, 3.05) is 11.9 Å². The number of rotatable bonds is 6. The van der Waals surface area contributed by atoms with Crippen LogP contribution in [0.4, 0.5) is 5.82 Å². The van der Waals surface area contributed by atoms with Gasteiger partial charge in [-0.05, 0) is 47.1 Å². The number of nitrogens with one attached hydrogen (secondary N) is 1. The number of benzene rings is 1. The quantitative estimate of drug-likeness (QED) is 0.553. The van der Waals surface area contributed by atoms with Crippen molar-refractivity contribution in [3.63, 3.8) is 0 Å². The highest BCUT2D eigenvalue weighted by Crippen LogP contribution is 2.16. The summed E-state index contributed by atoms with van der Waals surface area (Å²) in [5.41, 5.74) is 0.939. The van der Waals surface area contributed by atoms with Crippen molar-refractivity contribution in [3.8, 4) is 0 Å². The minimum atomic E-state index is -3.98. The van der Waals surface area contributed by atoms with Crippen LogP contribution < -0.4 is 5.32 Å². The largest absolute Gasteiger partial charge is 0.360 e. The van der Waals surface area contributed by atoms with Crippen molar-refractivity contribution < 1.29 is 12.6 Å². The summed E-state index contributed by atoms with van der Waals surface area (Å²) < 4.78 is 30.1. The molecule has 0 amide bonds. The second-order valence-corrected chi connectivity index (χ2v) is 7.18. The van der Waals surface area contributed by atoms with Gasteiger partial charge in [-0.15, -0.1) is 0 Å². The summed E-state index contributed by atoms with van der Waals surface area (Å²) in [6.07, 6.45) is 0.422. The fourth-order valence-electron chi connectivity index (χ4n) is 1.68. The number of hydrogen-bond acceptors (Lipinski definition) is 5. The van der Waals surface area contributed by atoms with E-state index in [1.165, 1.54) is 12.1 Å². The topological polar surface area (TPSA) is 72.7 Å². The molecule has 0 bridgehead atoms. The molecule has 0 aliphatic carbocycles. The van der Waals surface area contributed by atoms with Crippen LogP contribution in [0.25, 0.3) is 4.85 Å². The minimum Gasteiger partial charge on any atom is -0.360 e. The Bertz CT molecular complexity index is 801. The Balaban J connectivity index is 0.00000151. The average Bonchev–Trinajstić information content (AvgIpc) is 2.62. The third-order valence-electron chi connectivity index (χ3n) is 2.88. The normalized spacial score (nSPS) is 11.6. The highest BCUT2D eigenvalue weighted by molar-refractivity contribution is 9.10. The van der Waals surface area contributed by atoms with Crippen molar-refractivity contribution >= 4 is 31.9 Å². The number of aromatic nitrogens is 1. The molecule has 0 aliphatic rings. The highest BCUT2D eigenvalue weighted by Gasteiger charge is 2.25. The number of hydrogen-bond donors (Lipinski definition) is 1. The lowest BCUT2D eigenvalue weighted by molar-refractivity contribution is 0.265.